The minimum Gasteiger partial charge on any atom is -0.318 e. The molecule has 1 heterocycles. The number of amides is 1. The van der Waals surface area contributed by atoms with Crippen molar-refractivity contribution in [1.29, 1.82) is 0 Å². The van der Waals surface area contributed by atoms with Crippen LogP contribution in [0.1, 0.15) is 22.5 Å². The van der Waals surface area contributed by atoms with Gasteiger partial charge >= 0.3 is 0 Å². The van der Waals surface area contributed by atoms with Gasteiger partial charge in [0.2, 0.25) is 0 Å². The lowest BCUT2D eigenvalue weighted by molar-refractivity contribution is -0.119. The number of aryl methyl sites for hydroxylation is 2. The number of benzene rings is 3. The third kappa shape index (κ3) is 6.18. The van der Waals surface area contributed by atoms with Crippen LogP contribution in [0.15, 0.2) is 93.3 Å². The fourth-order valence-corrected chi connectivity index (χ4v) is 5.96. The molecule has 0 aliphatic carbocycles. The first-order valence-electron chi connectivity index (χ1n) is 11.7. The van der Waals surface area contributed by atoms with E-state index in [1.807, 2.05) is 51.1 Å². The van der Waals surface area contributed by atoms with Gasteiger partial charge in [-0.2, -0.15) is 5.10 Å². The molecule has 1 aromatic heterocycles. The quantitative estimate of drug-likeness (QED) is 0.191. The standard InChI is InChI=1S/C28H26BrClN4O3S/c1-19-7-13-27(14-8-19)38(36,37)33(25-11-9-24(30)10-12-25)18-28(35)32-31-17-22-15-20(2)34(21(22)3)26-6-4-5-23(29)16-26/h4-17H,18H2,1-3H3,(H,32,35)/b31-17-. The van der Waals surface area contributed by atoms with E-state index in [0.29, 0.717) is 10.7 Å². The fourth-order valence-electron chi connectivity index (χ4n) is 4.03. The van der Waals surface area contributed by atoms with Gasteiger partial charge in [0.1, 0.15) is 6.54 Å². The predicted molar refractivity (Wildman–Crippen MR) is 156 cm³/mol. The first-order valence-corrected chi connectivity index (χ1v) is 14.3. The second kappa shape index (κ2) is 11.6. The van der Waals surface area contributed by atoms with E-state index in [0.717, 1.165) is 37.0 Å². The maximum Gasteiger partial charge on any atom is 0.264 e. The van der Waals surface area contributed by atoms with E-state index in [-0.39, 0.29) is 4.90 Å². The first kappa shape index (κ1) is 27.6. The fraction of sp³-hybridized carbons (Fsp3) is 0.143. The van der Waals surface area contributed by atoms with Crippen LogP contribution in [0.5, 0.6) is 0 Å². The third-order valence-electron chi connectivity index (χ3n) is 5.94. The van der Waals surface area contributed by atoms with Crippen molar-refractivity contribution in [2.24, 2.45) is 5.10 Å². The normalized spacial score (nSPS) is 11.6. The Kier molecular flexibility index (Phi) is 8.40. The summed E-state index contributed by atoms with van der Waals surface area (Å²) in [5.74, 6) is -0.590. The molecule has 0 aliphatic heterocycles. The van der Waals surface area contributed by atoms with Crippen LogP contribution in [0.4, 0.5) is 5.69 Å². The number of nitrogens with one attached hydrogen (secondary N) is 1. The van der Waals surface area contributed by atoms with Gasteiger partial charge in [0.25, 0.3) is 15.9 Å². The van der Waals surface area contributed by atoms with E-state index >= 15 is 0 Å². The van der Waals surface area contributed by atoms with Crippen LogP contribution in [-0.4, -0.2) is 31.7 Å². The Hall–Kier alpha value is -3.40. The number of sulfonamides is 1. The smallest absolute Gasteiger partial charge is 0.264 e. The number of rotatable bonds is 8. The van der Waals surface area contributed by atoms with E-state index in [4.69, 9.17) is 11.6 Å². The highest BCUT2D eigenvalue weighted by Gasteiger charge is 2.27. The Balaban J connectivity index is 1.55. The molecule has 0 aliphatic rings. The second-order valence-corrected chi connectivity index (χ2v) is 12.0. The van der Waals surface area contributed by atoms with Crippen molar-refractivity contribution in [1.82, 2.24) is 9.99 Å². The van der Waals surface area contributed by atoms with Crippen LogP contribution in [-0.2, 0) is 14.8 Å². The van der Waals surface area contributed by atoms with Gasteiger partial charge in [-0.3, -0.25) is 9.10 Å². The Morgan fingerprint density at radius 1 is 1.03 bits per heavy atom. The second-order valence-electron chi connectivity index (χ2n) is 8.74. The highest BCUT2D eigenvalue weighted by atomic mass is 79.9. The topological polar surface area (TPSA) is 83.8 Å². The van der Waals surface area contributed by atoms with E-state index in [9.17, 15) is 13.2 Å². The molecule has 0 saturated carbocycles. The van der Waals surface area contributed by atoms with Crippen LogP contribution in [0.25, 0.3) is 5.69 Å². The van der Waals surface area contributed by atoms with Crippen LogP contribution < -0.4 is 9.73 Å². The van der Waals surface area contributed by atoms with Gasteiger partial charge < -0.3 is 4.57 Å². The molecule has 0 unspecified atom stereocenters. The van der Waals surface area contributed by atoms with Crippen molar-refractivity contribution in [2.45, 2.75) is 25.7 Å². The van der Waals surface area contributed by atoms with E-state index in [2.05, 4.69) is 31.0 Å². The molecule has 0 spiro atoms. The highest BCUT2D eigenvalue weighted by Crippen LogP contribution is 2.26. The Morgan fingerprint density at radius 2 is 1.71 bits per heavy atom. The third-order valence-corrected chi connectivity index (χ3v) is 8.47. The lowest BCUT2D eigenvalue weighted by Gasteiger charge is -2.23. The molecule has 10 heteroatoms. The molecule has 0 radical (unpaired) electrons. The average molecular weight is 614 g/mol. The molecule has 38 heavy (non-hydrogen) atoms. The summed E-state index contributed by atoms with van der Waals surface area (Å²) in [6.07, 6.45) is 1.55. The lowest BCUT2D eigenvalue weighted by Crippen LogP contribution is -2.39. The predicted octanol–water partition coefficient (Wildman–Crippen LogP) is 6.16. The SMILES string of the molecule is Cc1ccc(S(=O)(=O)N(CC(=O)N/N=C\c2cc(C)n(-c3cccc(Br)c3)c2C)c2ccc(Cl)cc2)cc1. The summed E-state index contributed by atoms with van der Waals surface area (Å²) in [5, 5.41) is 4.56. The summed E-state index contributed by atoms with van der Waals surface area (Å²) in [5.41, 5.74) is 7.47. The zero-order chi connectivity index (χ0) is 27.4. The monoisotopic (exact) mass is 612 g/mol. The molecule has 4 aromatic rings. The van der Waals surface area contributed by atoms with Crippen molar-refractivity contribution in [3.63, 3.8) is 0 Å². The molecule has 0 bridgehead atoms. The van der Waals surface area contributed by atoms with Gasteiger partial charge in [-0.25, -0.2) is 13.8 Å². The minimum absolute atomic E-state index is 0.0781. The summed E-state index contributed by atoms with van der Waals surface area (Å²) < 4.78 is 31.0. The van der Waals surface area contributed by atoms with Gasteiger partial charge in [0, 0.05) is 32.1 Å². The summed E-state index contributed by atoms with van der Waals surface area (Å²) in [6.45, 7) is 5.36. The number of aromatic nitrogens is 1. The first-order chi connectivity index (χ1) is 18.1. The molecule has 196 valence electrons. The Morgan fingerprint density at radius 3 is 2.37 bits per heavy atom. The zero-order valence-electron chi connectivity index (χ0n) is 21.0. The van der Waals surface area contributed by atoms with Crippen LogP contribution in [0, 0.1) is 20.8 Å². The summed E-state index contributed by atoms with van der Waals surface area (Å²) in [6, 6.07) is 22.6. The minimum atomic E-state index is -4.03. The number of carbonyl (C=O) groups excluding carboxylic acids is 1. The molecule has 0 saturated heterocycles. The maximum absolute atomic E-state index is 13.5. The number of carbonyl (C=O) groups is 1. The number of halogens is 2. The maximum atomic E-state index is 13.5. The molecular formula is C28H26BrClN4O3S. The van der Waals surface area contributed by atoms with E-state index < -0.39 is 22.5 Å². The summed E-state index contributed by atoms with van der Waals surface area (Å²) >= 11 is 9.50. The van der Waals surface area contributed by atoms with Crippen molar-refractivity contribution in [3.05, 3.63) is 111 Å². The molecule has 4 rings (SSSR count). The van der Waals surface area contributed by atoms with Gasteiger partial charge in [0.05, 0.1) is 16.8 Å². The van der Waals surface area contributed by atoms with Crippen molar-refractivity contribution >= 4 is 55.4 Å². The lowest BCUT2D eigenvalue weighted by atomic mass is 10.2. The highest BCUT2D eigenvalue weighted by molar-refractivity contribution is 9.10. The largest absolute Gasteiger partial charge is 0.318 e. The van der Waals surface area contributed by atoms with Gasteiger partial charge in [-0.1, -0.05) is 51.3 Å². The van der Waals surface area contributed by atoms with Crippen LogP contribution >= 0.6 is 27.5 Å². The molecule has 1 N–H and O–H groups in total. The Bertz CT molecular complexity index is 1600. The summed E-state index contributed by atoms with van der Waals surface area (Å²) in [7, 11) is -4.03. The Labute approximate surface area is 235 Å². The molecule has 0 atom stereocenters. The van der Waals surface area contributed by atoms with E-state index in [1.54, 1.807) is 42.6 Å². The van der Waals surface area contributed by atoms with Crippen molar-refractivity contribution in [3.8, 4) is 5.69 Å². The number of hydrogen-bond acceptors (Lipinski definition) is 4. The van der Waals surface area contributed by atoms with Gasteiger partial charge in [-0.15, -0.1) is 0 Å². The van der Waals surface area contributed by atoms with Crippen molar-refractivity contribution < 1.29 is 13.2 Å². The van der Waals surface area contributed by atoms with E-state index in [1.165, 1.54) is 12.1 Å². The number of hydrazone groups is 1. The van der Waals surface area contributed by atoms with Gasteiger partial charge in [-0.05, 0) is 81.4 Å². The number of anilines is 1. The average Bonchev–Trinajstić information content (AvgIpc) is 3.16. The zero-order valence-corrected chi connectivity index (χ0v) is 24.2. The number of hydrogen-bond donors (Lipinski definition) is 1. The number of nitrogens with zero attached hydrogens (tertiary/aromatic N) is 3. The van der Waals surface area contributed by atoms with Gasteiger partial charge in [0.15, 0.2) is 0 Å². The molecule has 3 aromatic carbocycles. The summed E-state index contributed by atoms with van der Waals surface area (Å²) in [4.78, 5) is 12.9. The van der Waals surface area contributed by atoms with Crippen LogP contribution in [0.2, 0.25) is 5.02 Å². The van der Waals surface area contributed by atoms with Crippen molar-refractivity contribution in [2.75, 3.05) is 10.8 Å². The molecule has 0 fully saturated rings. The molecule has 1 amide bonds. The molecule has 7 nitrogen and oxygen atoms in total. The molecular weight excluding hydrogens is 588 g/mol. The van der Waals surface area contributed by atoms with Crippen LogP contribution in [0.3, 0.4) is 0 Å².